The summed E-state index contributed by atoms with van der Waals surface area (Å²) in [4.78, 5) is 29.7. The lowest BCUT2D eigenvalue weighted by Crippen LogP contribution is -2.32. The van der Waals surface area contributed by atoms with Gasteiger partial charge in [-0.25, -0.2) is 9.50 Å². The van der Waals surface area contributed by atoms with Crippen LogP contribution in [-0.4, -0.2) is 34.9 Å². The Balaban J connectivity index is 1.51. The first-order valence-corrected chi connectivity index (χ1v) is 15.4. The Hall–Kier alpha value is -5.69. The van der Waals surface area contributed by atoms with Crippen LogP contribution in [0.25, 0.3) is 22.1 Å². The molecule has 0 saturated carbocycles. The van der Waals surface area contributed by atoms with Gasteiger partial charge in [0.1, 0.15) is 10.5 Å². The number of nitrogen functional groups attached to an aromatic ring is 1. The van der Waals surface area contributed by atoms with Crippen molar-refractivity contribution in [2.45, 2.75) is 17.9 Å². The highest BCUT2D eigenvalue weighted by Crippen LogP contribution is 3.02. The van der Waals surface area contributed by atoms with Crippen molar-refractivity contribution in [1.29, 1.82) is 0 Å². The lowest BCUT2D eigenvalue weighted by atomic mass is 10.0. The number of aromatic nitrogens is 6. The van der Waals surface area contributed by atoms with Gasteiger partial charge in [0, 0.05) is 42.6 Å². The maximum Gasteiger partial charge on any atom is 0.310 e. The Bertz CT molecular complexity index is 2320. The van der Waals surface area contributed by atoms with E-state index >= 15 is 0 Å². The first kappa shape index (κ1) is 30.3. The van der Waals surface area contributed by atoms with Crippen LogP contribution in [-0.2, 0) is 7.05 Å². The first-order valence-electron chi connectivity index (χ1n) is 13.4. The minimum atomic E-state index is -10.00. The van der Waals surface area contributed by atoms with Crippen LogP contribution in [0.3, 0.4) is 0 Å². The maximum absolute atomic E-state index is 14.2. The van der Waals surface area contributed by atoms with Gasteiger partial charge in [0.25, 0.3) is 11.5 Å². The number of pyridine rings is 1. The Morgan fingerprint density at radius 3 is 2.46 bits per heavy atom. The second-order valence-corrected chi connectivity index (χ2v) is 12.8. The number of hydrogen-bond acceptors (Lipinski definition) is 6. The number of carbonyl (C=O) groups excluding carboxylic acids is 1. The van der Waals surface area contributed by atoms with Gasteiger partial charge in [-0.3, -0.25) is 18.8 Å². The zero-order chi connectivity index (χ0) is 33.1. The number of hydrogen-bond donors (Lipinski definition) is 2. The van der Waals surface area contributed by atoms with Crippen LogP contribution in [0, 0.1) is 11.8 Å². The van der Waals surface area contributed by atoms with Crippen LogP contribution < -0.4 is 16.6 Å². The van der Waals surface area contributed by atoms with Crippen LogP contribution in [0.2, 0.25) is 0 Å². The third-order valence-corrected chi connectivity index (χ3v) is 8.27. The minimum Gasteiger partial charge on any atom is -0.381 e. The summed E-state index contributed by atoms with van der Waals surface area (Å²) >= 11 is 0. The average Bonchev–Trinajstić information content (AvgIpc) is 3.56. The number of rotatable bonds is 5. The van der Waals surface area contributed by atoms with Crippen molar-refractivity contribution in [3.8, 4) is 17.5 Å². The quantitative estimate of drug-likeness (QED) is 0.176. The van der Waals surface area contributed by atoms with Crippen LogP contribution in [0.5, 0.6) is 0 Å². The molecule has 2 aromatic carbocycles. The van der Waals surface area contributed by atoms with Gasteiger partial charge in [-0.05, 0) is 54.8 Å². The summed E-state index contributed by atoms with van der Waals surface area (Å²) in [6.45, 7) is 1.54. The van der Waals surface area contributed by atoms with Crippen molar-refractivity contribution in [2.24, 2.45) is 7.05 Å². The fraction of sp³-hybridized carbons (Fsp3) is 0.100. The minimum absolute atomic E-state index is 0.0321. The van der Waals surface area contributed by atoms with E-state index in [1.807, 2.05) is 0 Å². The van der Waals surface area contributed by atoms with Crippen LogP contribution in [0.1, 0.15) is 40.1 Å². The lowest BCUT2D eigenvalue weighted by molar-refractivity contribution is 0.0941. The largest absolute Gasteiger partial charge is 0.381 e. The van der Waals surface area contributed by atoms with Crippen molar-refractivity contribution in [2.75, 3.05) is 5.73 Å². The second-order valence-electron chi connectivity index (χ2n) is 10.4. The number of amides is 1. The zero-order valence-corrected chi connectivity index (χ0v) is 24.8. The number of anilines is 1. The molecule has 0 aliphatic carbocycles. The second kappa shape index (κ2) is 9.91. The summed E-state index contributed by atoms with van der Waals surface area (Å²) in [5, 5.41) is 11.4. The summed E-state index contributed by atoms with van der Waals surface area (Å²) in [7, 11) is -8.28. The number of fused-ring (bicyclic) bond motifs is 2. The van der Waals surface area contributed by atoms with Gasteiger partial charge in [-0.1, -0.05) is 43.4 Å². The molecular formula is C30H23F5N8O2S. The van der Waals surface area contributed by atoms with E-state index in [1.54, 1.807) is 61.4 Å². The van der Waals surface area contributed by atoms with Gasteiger partial charge >= 0.3 is 10.2 Å². The average molecular weight is 655 g/mol. The molecule has 16 heteroatoms. The predicted octanol–water partition coefficient (Wildman–Crippen LogP) is 5.90. The van der Waals surface area contributed by atoms with E-state index in [9.17, 15) is 29.0 Å². The normalized spacial score (nSPS) is 13.9. The lowest BCUT2D eigenvalue weighted by Gasteiger charge is -2.40. The molecule has 3 N–H and O–H groups in total. The van der Waals surface area contributed by atoms with Gasteiger partial charge in [0.15, 0.2) is 11.5 Å². The molecule has 0 bridgehead atoms. The summed E-state index contributed by atoms with van der Waals surface area (Å²) in [6, 6.07) is 9.08. The summed E-state index contributed by atoms with van der Waals surface area (Å²) < 4.78 is 71.5. The van der Waals surface area contributed by atoms with Crippen LogP contribution in [0.15, 0.2) is 89.1 Å². The smallest absolute Gasteiger partial charge is 0.310 e. The highest BCUT2D eigenvalue weighted by molar-refractivity contribution is 8.45. The van der Waals surface area contributed by atoms with E-state index in [0.29, 0.717) is 16.5 Å². The maximum atomic E-state index is 14.2. The SMILES string of the molecule is CC(NC(=O)c1c(N)nn2cccnc12)c1cc2cccc(C#Cc3cnn(C)c3)c2c(=O)n1-c1ccc(S(F)(F)(F)(F)F)cc1. The molecule has 236 valence electrons. The van der Waals surface area contributed by atoms with E-state index in [0.717, 1.165) is 16.7 Å². The number of benzene rings is 2. The Morgan fingerprint density at radius 1 is 1.04 bits per heavy atom. The molecule has 1 unspecified atom stereocenters. The van der Waals surface area contributed by atoms with E-state index in [4.69, 9.17) is 5.73 Å². The Labute approximate surface area is 257 Å². The zero-order valence-electron chi connectivity index (χ0n) is 24.0. The van der Waals surface area contributed by atoms with Crippen LogP contribution >= 0.6 is 10.2 Å². The number of nitrogens with zero attached hydrogens (tertiary/aromatic N) is 6. The number of carbonyl (C=O) groups is 1. The molecule has 0 spiro atoms. The van der Waals surface area contributed by atoms with E-state index in [-0.39, 0.29) is 45.9 Å². The number of nitrogens with two attached hydrogens (primary N) is 1. The third kappa shape index (κ3) is 5.63. The monoisotopic (exact) mass is 654 g/mol. The topological polar surface area (TPSA) is 125 Å². The molecule has 10 nitrogen and oxygen atoms in total. The van der Waals surface area contributed by atoms with Crippen LogP contribution in [0.4, 0.5) is 25.2 Å². The molecule has 0 fully saturated rings. The van der Waals surface area contributed by atoms with Crippen molar-refractivity contribution in [3.63, 3.8) is 0 Å². The molecule has 1 amide bonds. The molecular weight excluding hydrogens is 631 g/mol. The van der Waals surface area contributed by atoms with E-state index in [1.165, 1.54) is 16.9 Å². The van der Waals surface area contributed by atoms with Crippen molar-refractivity contribution in [1.82, 2.24) is 34.3 Å². The van der Waals surface area contributed by atoms with Crippen molar-refractivity contribution >= 4 is 38.4 Å². The molecule has 4 aromatic heterocycles. The Morgan fingerprint density at radius 2 is 1.78 bits per heavy atom. The number of aryl methyl sites for hydroxylation is 1. The predicted molar refractivity (Wildman–Crippen MR) is 163 cm³/mol. The van der Waals surface area contributed by atoms with E-state index in [2.05, 4.69) is 32.3 Å². The van der Waals surface area contributed by atoms with Crippen molar-refractivity contribution in [3.05, 3.63) is 112 Å². The highest BCUT2D eigenvalue weighted by Gasteiger charge is 2.65. The summed E-state index contributed by atoms with van der Waals surface area (Å²) in [6.07, 6.45) is 6.20. The van der Waals surface area contributed by atoms with Gasteiger partial charge in [0.05, 0.1) is 23.2 Å². The fourth-order valence-corrected chi connectivity index (χ4v) is 5.66. The molecule has 0 radical (unpaired) electrons. The molecule has 46 heavy (non-hydrogen) atoms. The summed E-state index contributed by atoms with van der Waals surface area (Å²) in [5.41, 5.74) is 6.27. The summed E-state index contributed by atoms with van der Waals surface area (Å²) in [5.74, 6) is 5.06. The standard InChI is InChI=1S/C30H23F5N8O2S/c1-18(39-29(44)26-27(36)40-42-14-4-13-37-28(26)42)24-15-21-6-3-5-20(8-7-19-16-38-41(2)17-19)25(21)30(45)43(24)22-9-11-23(12-10-22)46(31,32,33,34)35/h3-6,9-18H,1-2H3,(H2,36,40)(H,39,44). The molecule has 0 aliphatic heterocycles. The van der Waals surface area contributed by atoms with E-state index < -0.39 is 32.6 Å². The molecule has 1 atom stereocenters. The molecule has 0 saturated heterocycles. The van der Waals surface area contributed by atoms with Gasteiger partial charge in [-0.15, -0.1) is 5.10 Å². The number of nitrogens with one attached hydrogen (secondary N) is 1. The third-order valence-electron chi connectivity index (χ3n) is 7.10. The highest BCUT2D eigenvalue weighted by atomic mass is 32.5. The molecule has 4 heterocycles. The van der Waals surface area contributed by atoms with Gasteiger partial charge in [-0.2, -0.15) is 5.10 Å². The Kier molecular flexibility index (Phi) is 6.53. The molecule has 0 aliphatic rings. The molecule has 6 aromatic rings. The van der Waals surface area contributed by atoms with Gasteiger partial charge in [0.2, 0.25) is 0 Å². The fourth-order valence-electron chi connectivity index (χ4n) is 5.01. The van der Waals surface area contributed by atoms with Crippen molar-refractivity contribution < 1.29 is 24.2 Å². The first-order chi connectivity index (χ1) is 21.5. The number of halogens is 5. The molecule has 6 rings (SSSR count). The van der Waals surface area contributed by atoms with Gasteiger partial charge < -0.3 is 11.1 Å².